The van der Waals surface area contributed by atoms with Crippen LogP contribution < -0.4 is 5.32 Å². The summed E-state index contributed by atoms with van der Waals surface area (Å²) in [6, 6.07) is 1.49. The highest BCUT2D eigenvalue weighted by molar-refractivity contribution is 5.98. The molecular weight excluding hydrogens is 264 g/mol. The van der Waals surface area contributed by atoms with Crippen LogP contribution in [0, 0.1) is 0 Å². The molecule has 2 heterocycles. The molecule has 0 aliphatic carbocycles. The zero-order valence-electron chi connectivity index (χ0n) is 10.2. The predicted octanol–water partition coefficient (Wildman–Crippen LogP) is 0.492. The van der Waals surface area contributed by atoms with Crippen LogP contribution in [0.3, 0.4) is 0 Å². The molecule has 1 amide bonds. The van der Waals surface area contributed by atoms with Crippen LogP contribution >= 0.6 is 0 Å². The number of pyridine rings is 1. The largest absolute Gasteiger partial charge is 0.478 e. The highest BCUT2D eigenvalue weighted by Crippen LogP contribution is 2.09. The van der Waals surface area contributed by atoms with Crippen LogP contribution in [0.25, 0.3) is 6.08 Å². The van der Waals surface area contributed by atoms with Crippen molar-refractivity contribution < 1.29 is 19.2 Å². The van der Waals surface area contributed by atoms with Crippen LogP contribution in [0.15, 0.2) is 35.5 Å². The molecule has 0 bridgehead atoms. The van der Waals surface area contributed by atoms with Crippen molar-refractivity contribution in [2.75, 3.05) is 0 Å². The van der Waals surface area contributed by atoms with E-state index in [0.29, 0.717) is 17.0 Å². The Kier molecular flexibility index (Phi) is 4.17. The first-order chi connectivity index (χ1) is 9.66. The third-order valence-electron chi connectivity index (χ3n) is 2.32. The van der Waals surface area contributed by atoms with Gasteiger partial charge in [0.1, 0.15) is 0 Å². The molecule has 0 fully saturated rings. The summed E-state index contributed by atoms with van der Waals surface area (Å²) in [7, 11) is 0. The Morgan fingerprint density at radius 3 is 3.00 bits per heavy atom. The molecule has 0 aliphatic heterocycles. The number of aliphatic carboxylic acids is 1. The van der Waals surface area contributed by atoms with Crippen molar-refractivity contribution in [3.05, 3.63) is 47.9 Å². The Morgan fingerprint density at radius 1 is 1.45 bits per heavy atom. The van der Waals surface area contributed by atoms with Crippen LogP contribution in [0.1, 0.15) is 21.7 Å². The lowest BCUT2D eigenvalue weighted by atomic mass is 10.1. The third kappa shape index (κ3) is 3.48. The monoisotopic (exact) mass is 274 g/mol. The lowest BCUT2D eigenvalue weighted by Gasteiger charge is -2.05. The predicted molar refractivity (Wildman–Crippen MR) is 66.4 cm³/mol. The Bertz CT molecular complexity index is 637. The van der Waals surface area contributed by atoms with Gasteiger partial charge in [-0.2, -0.15) is 4.98 Å². The molecule has 0 atom stereocenters. The maximum Gasteiger partial charge on any atom is 0.328 e. The molecule has 0 aliphatic rings. The van der Waals surface area contributed by atoms with E-state index in [1.807, 2.05) is 0 Å². The number of aromatic nitrogens is 3. The first-order valence-corrected chi connectivity index (χ1v) is 5.55. The minimum atomic E-state index is -1.10. The minimum Gasteiger partial charge on any atom is -0.478 e. The Balaban J connectivity index is 2.11. The smallest absolute Gasteiger partial charge is 0.328 e. The van der Waals surface area contributed by atoms with Gasteiger partial charge in [0.05, 0.1) is 6.54 Å². The van der Waals surface area contributed by atoms with Gasteiger partial charge < -0.3 is 14.9 Å². The van der Waals surface area contributed by atoms with Crippen molar-refractivity contribution in [1.29, 1.82) is 0 Å². The van der Waals surface area contributed by atoms with Gasteiger partial charge in [-0.25, -0.2) is 4.79 Å². The van der Waals surface area contributed by atoms with Gasteiger partial charge in [-0.15, -0.1) is 0 Å². The van der Waals surface area contributed by atoms with Gasteiger partial charge in [-0.05, 0) is 12.1 Å². The summed E-state index contributed by atoms with van der Waals surface area (Å²) in [5, 5.41) is 14.8. The second kappa shape index (κ2) is 6.23. The average Bonchev–Trinajstić information content (AvgIpc) is 2.96. The summed E-state index contributed by atoms with van der Waals surface area (Å²) >= 11 is 0. The van der Waals surface area contributed by atoms with Crippen LogP contribution in [-0.4, -0.2) is 32.1 Å². The van der Waals surface area contributed by atoms with Crippen molar-refractivity contribution >= 4 is 18.0 Å². The molecule has 102 valence electrons. The molecule has 2 N–H and O–H groups in total. The molecule has 20 heavy (non-hydrogen) atoms. The van der Waals surface area contributed by atoms with Crippen LogP contribution in [0.4, 0.5) is 0 Å². The number of carbonyl (C=O) groups excluding carboxylic acids is 1. The zero-order valence-corrected chi connectivity index (χ0v) is 10.2. The second-order valence-corrected chi connectivity index (χ2v) is 3.66. The Labute approximate surface area is 113 Å². The van der Waals surface area contributed by atoms with Crippen LogP contribution in [0.5, 0.6) is 0 Å². The van der Waals surface area contributed by atoms with E-state index in [2.05, 4.69) is 25.0 Å². The summed E-state index contributed by atoms with van der Waals surface area (Å²) < 4.78 is 4.54. The highest BCUT2D eigenvalue weighted by Gasteiger charge is 2.10. The molecule has 0 radical (unpaired) electrons. The topological polar surface area (TPSA) is 118 Å². The first-order valence-electron chi connectivity index (χ1n) is 5.55. The summed E-state index contributed by atoms with van der Waals surface area (Å²) in [6.45, 7) is 0.111. The molecule has 8 heteroatoms. The van der Waals surface area contributed by atoms with Crippen molar-refractivity contribution in [3.8, 4) is 0 Å². The number of rotatable bonds is 5. The number of hydrogen-bond acceptors (Lipinski definition) is 6. The quantitative estimate of drug-likeness (QED) is 0.761. The van der Waals surface area contributed by atoms with E-state index in [4.69, 9.17) is 5.11 Å². The van der Waals surface area contributed by atoms with Crippen molar-refractivity contribution in [3.63, 3.8) is 0 Å². The second-order valence-electron chi connectivity index (χ2n) is 3.66. The first kappa shape index (κ1) is 13.4. The fourth-order valence-corrected chi connectivity index (χ4v) is 1.43. The molecule has 0 spiro atoms. The number of nitrogens with one attached hydrogen (secondary N) is 1. The summed E-state index contributed by atoms with van der Waals surface area (Å²) in [5.41, 5.74) is 0.710. The fraction of sp³-hybridized carbons (Fsp3) is 0.0833. The number of hydrogen-bond donors (Lipinski definition) is 2. The highest BCUT2D eigenvalue weighted by atomic mass is 16.5. The number of carboxylic acids is 1. The third-order valence-corrected chi connectivity index (χ3v) is 2.32. The summed E-state index contributed by atoms with van der Waals surface area (Å²) in [6.07, 6.45) is 6.25. The number of nitrogens with zero attached hydrogens (tertiary/aromatic N) is 3. The minimum absolute atomic E-state index is 0.111. The lowest BCUT2D eigenvalue weighted by Crippen LogP contribution is -2.24. The molecule has 0 unspecified atom stereocenters. The molecule has 0 saturated heterocycles. The van der Waals surface area contributed by atoms with E-state index in [0.717, 1.165) is 12.5 Å². The van der Waals surface area contributed by atoms with Crippen molar-refractivity contribution in [2.45, 2.75) is 6.54 Å². The number of carboxylic acid groups (broad SMARTS) is 1. The maximum atomic E-state index is 12.0. The lowest BCUT2D eigenvalue weighted by molar-refractivity contribution is -0.131. The van der Waals surface area contributed by atoms with Gasteiger partial charge in [0.25, 0.3) is 5.91 Å². The van der Waals surface area contributed by atoms with Crippen LogP contribution in [0.2, 0.25) is 0 Å². The summed E-state index contributed by atoms with van der Waals surface area (Å²) in [4.78, 5) is 30.1. The van der Waals surface area contributed by atoms with Gasteiger partial charge in [-0.3, -0.25) is 9.78 Å². The molecular formula is C12H10N4O4. The van der Waals surface area contributed by atoms with Gasteiger partial charge in [0, 0.05) is 29.6 Å². The SMILES string of the molecule is O=C(O)/C=C/c1cnccc1C(=O)NCc1ncon1. The normalized spacial score (nSPS) is 10.6. The Hall–Kier alpha value is -3.03. The molecule has 2 aromatic heterocycles. The van der Waals surface area contributed by atoms with Crippen molar-refractivity contribution in [2.24, 2.45) is 0 Å². The van der Waals surface area contributed by atoms with E-state index < -0.39 is 5.97 Å². The van der Waals surface area contributed by atoms with E-state index >= 15 is 0 Å². The molecule has 0 saturated carbocycles. The van der Waals surface area contributed by atoms with Crippen molar-refractivity contribution in [1.82, 2.24) is 20.4 Å². The molecule has 8 nitrogen and oxygen atoms in total. The Morgan fingerprint density at radius 2 is 2.30 bits per heavy atom. The number of amides is 1. The molecule has 2 aromatic rings. The van der Waals surface area contributed by atoms with E-state index in [-0.39, 0.29) is 12.5 Å². The van der Waals surface area contributed by atoms with E-state index in [1.165, 1.54) is 24.5 Å². The van der Waals surface area contributed by atoms with Gasteiger partial charge >= 0.3 is 5.97 Å². The summed E-state index contributed by atoms with van der Waals surface area (Å²) in [5.74, 6) is -1.15. The van der Waals surface area contributed by atoms with Gasteiger partial charge in [0.2, 0.25) is 6.39 Å². The van der Waals surface area contributed by atoms with E-state index in [9.17, 15) is 9.59 Å². The van der Waals surface area contributed by atoms with Crippen LogP contribution in [-0.2, 0) is 11.3 Å². The maximum absolute atomic E-state index is 12.0. The van der Waals surface area contributed by atoms with Gasteiger partial charge in [0.15, 0.2) is 5.82 Å². The molecule has 0 aromatic carbocycles. The standard InChI is InChI=1S/C12H10N4O4/c17-11(18)2-1-8-5-13-4-3-9(8)12(19)14-6-10-15-7-20-16-10/h1-5,7H,6H2,(H,14,19)(H,17,18)/b2-1+. The number of carbonyl (C=O) groups is 2. The fourth-order valence-electron chi connectivity index (χ4n) is 1.43. The zero-order chi connectivity index (χ0) is 14.4. The molecule has 2 rings (SSSR count). The average molecular weight is 274 g/mol. The van der Waals surface area contributed by atoms with E-state index in [1.54, 1.807) is 0 Å². The van der Waals surface area contributed by atoms with Gasteiger partial charge in [-0.1, -0.05) is 5.16 Å².